The van der Waals surface area contributed by atoms with Gasteiger partial charge in [0, 0.05) is 119 Å². The molecule has 4 aromatic carbocycles. The van der Waals surface area contributed by atoms with E-state index in [2.05, 4.69) is 56.1 Å². The third-order valence-electron chi connectivity index (χ3n) is 20.1. The van der Waals surface area contributed by atoms with Gasteiger partial charge < -0.3 is 35.8 Å². The van der Waals surface area contributed by atoms with Crippen LogP contribution in [0.3, 0.4) is 0 Å². The number of thiazole rings is 1. The summed E-state index contributed by atoms with van der Waals surface area (Å²) >= 11 is 2.92. The predicted molar refractivity (Wildman–Crippen MR) is 400 cm³/mol. The molecule has 4 aliphatic rings. The van der Waals surface area contributed by atoms with Crippen LogP contribution in [0, 0.1) is 17.8 Å². The lowest BCUT2D eigenvalue weighted by Crippen LogP contribution is -2.57. The van der Waals surface area contributed by atoms with Crippen molar-refractivity contribution in [3.05, 3.63) is 143 Å². The number of thioether (sulfide) groups is 1. The van der Waals surface area contributed by atoms with Crippen LogP contribution >= 0.6 is 23.1 Å². The van der Waals surface area contributed by atoms with Crippen LogP contribution in [-0.2, 0) is 39.0 Å². The lowest BCUT2D eigenvalue weighted by atomic mass is 9.73. The SMILES string of the molecule is C=C(CCC1=C(CN2CCN(c3ccc(C(=O)NS(=O)(=O)c4ccc(N[C@H](CCN5CCN(C(=O)CCCCCC(=O)NC(C(=O)N6C[C@H](O)C[C@H]6C(=O)N[C@@H](C)c6ccc(-c7scnc7C)cc6)C(C)(C)C)CC5)CSc5ccccc5)c(S(=O)(=O)C(F)(F)F)c4)cc3)CC2)CCC(C)(C)C1)C(F)F. The molecule has 0 spiro atoms. The largest absolute Gasteiger partial charge is 0.501 e. The normalized spacial score (nSPS) is 18.7. The Labute approximate surface area is 622 Å². The summed E-state index contributed by atoms with van der Waals surface area (Å²) in [5, 5.41) is 19.7. The fourth-order valence-corrected chi connectivity index (χ4v) is 17.6. The summed E-state index contributed by atoms with van der Waals surface area (Å²) in [6.07, 6.45) is 2.19. The summed E-state index contributed by atoms with van der Waals surface area (Å²) in [4.78, 5) is 82.3. The van der Waals surface area contributed by atoms with Crippen LogP contribution < -0.4 is 25.6 Å². The summed E-state index contributed by atoms with van der Waals surface area (Å²) in [6, 6.07) is 22.4. The van der Waals surface area contributed by atoms with Gasteiger partial charge in [0.1, 0.15) is 17.0 Å². The van der Waals surface area contributed by atoms with Crippen LogP contribution in [0.15, 0.2) is 141 Å². The Kier molecular flexibility index (Phi) is 27.7. The van der Waals surface area contributed by atoms with E-state index in [1.807, 2.05) is 93.9 Å². The Bertz CT molecular complexity index is 4120. The molecule has 1 aromatic heterocycles. The predicted octanol–water partition coefficient (Wildman–Crippen LogP) is 12.2. The number of sulfone groups is 1. The minimum absolute atomic E-state index is 0.0426. The number of halogens is 5. The van der Waals surface area contributed by atoms with Crippen molar-refractivity contribution in [2.24, 2.45) is 10.8 Å². The van der Waals surface area contributed by atoms with Crippen molar-refractivity contribution >= 4 is 83.9 Å². The molecule has 1 aliphatic carbocycles. The smallest absolute Gasteiger partial charge is 0.391 e. The zero-order valence-corrected chi connectivity index (χ0v) is 64.1. The van der Waals surface area contributed by atoms with E-state index in [-0.39, 0.29) is 72.8 Å². The summed E-state index contributed by atoms with van der Waals surface area (Å²) in [7, 11) is -11.2. The van der Waals surface area contributed by atoms with Crippen molar-refractivity contribution in [3.8, 4) is 10.4 Å². The first-order chi connectivity index (χ1) is 49.5. The van der Waals surface area contributed by atoms with Crippen LogP contribution in [-0.4, -0.2) is 190 Å². The molecule has 5 N–H and O–H groups in total. The molecule has 0 radical (unpaired) electrons. The van der Waals surface area contributed by atoms with Gasteiger partial charge in [-0.25, -0.2) is 35.3 Å². The molecule has 5 atom stereocenters. The fourth-order valence-electron chi connectivity index (χ4n) is 13.8. The van der Waals surface area contributed by atoms with E-state index in [1.54, 1.807) is 33.9 Å². The summed E-state index contributed by atoms with van der Waals surface area (Å²) in [5.41, 5.74) is 0.722. The molecule has 29 heteroatoms. The first-order valence-electron chi connectivity index (χ1n) is 35.8. The minimum Gasteiger partial charge on any atom is -0.391 e. The second-order valence-electron chi connectivity index (χ2n) is 29.8. The number of nitrogens with zero attached hydrogens (tertiary/aromatic N) is 6. The number of aryl methyl sites for hydroxylation is 1. The number of sulfonamides is 1. The molecule has 0 bridgehead atoms. The van der Waals surface area contributed by atoms with E-state index in [0.717, 1.165) is 70.2 Å². The molecule has 3 fully saturated rings. The van der Waals surface area contributed by atoms with Crippen LogP contribution in [0.4, 0.5) is 33.3 Å². The highest BCUT2D eigenvalue weighted by Gasteiger charge is 2.49. The lowest BCUT2D eigenvalue weighted by molar-refractivity contribution is -0.144. The van der Waals surface area contributed by atoms with Gasteiger partial charge in [-0.15, -0.1) is 23.1 Å². The number of amides is 5. The van der Waals surface area contributed by atoms with Gasteiger partial charge in [0.15, 0.2) is 0 Å². The van der Waals surface area contributed by atoms with Gasteiger partial charge in [-0.05, 0) is 147 Å². The van der Waals surface area contributed by atoms with Gasteiger partial charge in [0.2, 0.25) is 23.6 Å². The average Bonchev–Trinajstić information content (AvgIpc) is 1.32. The average molecular weight is 1540 g/mol. The second-order valence-corrected chi connectivity index (χ2v) is 35.3. The molecule has 3 saturated heterocycles. The third-order valence-corrected chi connectivity index (χ3v) is 25.2. The standard InChI is InChI=1S/C76H99F5N10O10S4/c1-50(70(77)78)19-20-56-45-75(7,8)33-31-57(56)46-88-37-39-89(40-38-88)59-27-25-55(26-28-59)71(95)86-105(100,101)62-29-30-63(65(44-62)104(98,99)76(79,80)81)84-58(48-102-61-15-11-9-12-16-61)32-34-87-35-41-90(42-36-87)67(94)18-14-10-13-17-66(93)85-69(74(4,5)6)73(97)91-47-60(92)43-64(91)72(96)83-51(2)53-21-23-54(24-22-53)68-52(3)82-49-103-68/h9,11-12,15-16,21-30,44,49,51,58,60,64,69-70,84,92H,1,10,13-14,17-20,31-43,45-48H2,2-8H3,(H,83,96)(H,85,93)(H,86,95)/t51-,58+,60+,64-,69?/m0/s1. The first-order valence-corrected chi connectivity index (χ1v) is 40.7. The zero-order chi connectivity index (χ0) is 76.2. The highest BCUT2D eigenvalue weighted by atomic mass is 32.2. The zero-order valence-electron chi connectivity index (χ0n) is 60.8. The highest BCUT2D eigenvalue weighted by Crippen LogP contribution is 2.42. The monoisotopic (exact) mass is 1530 g/mol. The number of unbranched alkanes of at least 4 members (excludes halogenated alkanes) is 2. The molecule has 1 unspecified atom stereocenters. The number of nitrogens with one attached hydrogen (secondary N) is 4. The number of rotatable bonds is 31. The first kappa shape index (κ1) is 81.8. The molecule has 5 aromatic rings. The summed E-state index contributed by atoms with van der Waals surface area (Å²) < 4.78 is 127. The van der Waals surface area contributed by atoms with E-state index < -0.39 is 101 Å². The molecule has 20 nitrogen and oxygen atoms in total. The number of carbonyl (C=O) groups excluding carboxylic acids is 5. The number of β-amino-alcohol motifs (C(OH)–C–C–N with tert-alkyl or cyclic N) is 1. The molecule has 105 heavy (non-hydrogen) atoms. The van der Waals surface area contributed by atoms with Crippen molar-refractivity contribution in [3.63, 3.8) is 0 Å². The number of hydrogen-bond donors (Lipinski definition) is 5. The van der Waals surface area contributed by atoms with Gasteiger partial charge in [0.05, 0.1) is 38.8 Å². The molecule has 3 aliphatic heterocycles. The molecule has 0 saturated carbocycles. The molecular weight excluding hydrogens is 1440 g/mol. The maximum Gasteiger partial charge on any atom is 0.501 e. The lowest BCUT2D eigenvalue weighted by Gasteiger charge is -2.39. The van der Waals surface area contributed by atoms with Gasteiger partial charge in [0.25, 0.3) is 32.2 Å². The van der Waals surface area contributed by atoms with Crippen LogP contribution in [0.2, 0.25) is 0 Å². The number of allylic oxidation sites excluding steroid dienone is 2. The Balaban J connectivity index is 0.742. The summed E-state index contributed by atoms with van der Waals surface area (Å²) in [5.74, 6) is -2.17. The minimum atomic E-state index is -6.20. The fraction of sp³-hybridized carbons (Fsp3) is 0.526. The number of hydrogen-bond acceptors (Lipinski definition) is 17. The number of likely N-dealkylation sites (tertiary alicyclic amines) is 1. The maximum atomic E-state index is 14.6. The highest BCUT2D eigenvalue weighted by molar-refractivity contribution is 7.99. The number of aliphatic hydroxyl groups excluding tert-OH is 1. The Hall–Kier alpha value is -7.28. The quantitative estimate of drug-likeness (QED) is 0.0120. The third kappa shape index (κ3) is 22.2. The topological polar surface area (TPSA) is 251 Å². The Morgan fingerprint density at radius 2 is 1.48 bits per heavy atom. The van der Waals surface area contributed by atoms with Crippen molar-refractivity contribution in [1.29, 1.82) is 0 Å². The number of aliphatic hydroxyl groups is 1. The molecule has 9 rings (SSSR count). The van der Waals surface area contributed by atoms with Gasteiger partial charge in [-0.1, -0.05) is 101 Å². The number of aromatic nitrogens is 1. The van der Waals surface area contributed by atoms with E-state index in [4.69, 9.17) is 0 Å². The second kappa shape index (κ2) is 35.6. The van der Waals surface area contributed by atoms with Crippen LogP contribution in [0.5, 0.6) is 0 Å². The van der Waals surface area contributed by atoms with Crippen LogP contribution in [0.1, 0.15) is 146 Å². The maximum absolute atomic E-state index is 14.6. The Morgan fingerprint density at radius 1 is 0.810 bits per heavy atom. The van der Waals surface area contributed by atoms with E-state index in [1.165, 1.54) is 39.9 Å². The van der Waals surface area contributed by atoms with Crippen molar-refractivity contribution in [1.82, 2.24) is 39.9 Å². The Morgan fingerprint density at radius 3 is 2.11 bits per heavy atom. The molecule has 5 amide bonds. The van der Waals surface area contributed by atoms with E-state index in [9.17, 15) is 67.9 Å². The number of anilines is 2. The number of alkyl halides is 5. The number of piperazine rings is 2. The van der Waals surface area contributed by atoms with E-state index in [0.29, 0.717) is 90.7 Å². The van der Waals surface area contributed by atoms with Gasteiger partial charge in [-0.3, -0.25) is 33.8 Å². The molecule has 4 heterocycles. The van der Waals surface area contributed by atoms with Crippen LogP contribution in [0.25, 0.3) is 10.4 Å². The van der Waals surface area contributed by atoms with Gasteiger partial charge in [-0.2, -0.15) is 13.2 Å². The number of benzene rings is 4. The van der Waals surface area contributed by atoms with Gasteiger partial charge >= 0.3 is 5.51 Å². The molecule has 572 valence electrons. The summed E-state index contributed by atoms with van der Waals surface area (Å²) in [6.45, 7) is 22.7. The van der Waals surface area contributed by atoms with E-state index >= 15 is 0 Å². The van der Waals surface area contributed by atoms with Crippen molar-refractivity contribution < 1.29 is 67.9 Å². The number of carbonyl (C=O) groups is 5. The molecular formula is C76H99F5N10O10S4. The van der Waals surface area contributed by atoms with Crippen molar-refractivity contribution in [2.75, 3.05) is 88.0 Å². The van der Waals surface area contributed by atoms with Crippen molar-refractivity contribution in [2.45, 2.75) is 182 Å².